The molecule has 6 nitrogen and oxygen atoms in total. The van der Waals surface area contributed by atoms with Crippen molar-refractivity contribution in [3.63, 3.8) is 0 Å². The number of likely N-dealkylation sites (tertiary alicyclic amines) is 2. The first-order valence-corrected chi connectivity index (χ1v) is 11.2. The Balaban J connectivity index is 1.21. The molecule has 1 unspecified atom stereocenters. The second kappa shape index (κ2) is 9.61. The molecule has 1 aliphatic carbocycles. The number of rotatable bonds is 7. The normalized spacial score (nSPS) is 23.1. The average Bonchev–Trinajstić information content (AvgIpc) is 3.61. The third-order valence-electron chi connectivity index (χ3n) is 6.43. The van der Waals surface area contributed by atoms with Crippen LogP contribution in [0, 0.1) is 11.8 Å². The number of ether oxygens (including phenoxy) is 1. The largest absolute Gasteiger partial charge is 0.484 e. The minimum atomic E-state index is -0.0691. The zero-order valence-electron chi connectivity index (χ0n) is 17.2. The molecule has 2 aliphatic heterocycles. The number of nitrogens with one attached hydrogen (secondary N) is 1. The molecule has 29 heavy (non-hydrogen) atoms. The van der Waals surface area contributed by atoms with Crippen LogP contribution in [-0.4, -0.2) is 67.0 Å². The summed E-state index contributed by atoms with van der Waals surface area (Å²) >= 11 is 0. The molecule has 158 valence electrons. The molecule has 0 aromatic heterocycles. The molecule has 0 bridgehead atoms. The van der Waals surface area contributed by atoms with E-state index in [2.05, 4.69) is 5.32 Å². The van der Waals surface area contributed by atoms with Crippen LogP contribution in [-0.2, 0) is 9.59 Å². The number of para-hydroxylation sites is 1. The van der Waals surface area contributed by atoms with Crippen LogP contribution in [0.25, 0.3) is 0 Å². The van der Waals surface area contributed by atoms with Crippen LogP contribution >= 0.6 is 0 Å². The molecule has 0 radical (unpaired) electrons. The molecule has 1 N–H and O–H groups in total. The first-order valence-electron chi connectivity index (χ1n) is 11.2. The van der Waals surface area contributed by atoms with E-state index in [1.807, 2.05) is 35.2 Å². The van der Waals surface area contributed by atoms with Crippen LogP contribution in [0.1, 0.15) is 38.5 Å². The zero-order valence-corrected chi connectivity index (χ0v) is 17.2. The Morgan fingerprint density at radius 3 is 2.45 bits per heavy atom. The van der Waals surface area contributed by atoms with Gasteiger partial charge in [-0.1, -0.05) is 18.2 Å². The van der Waals surface area contributed by atoms with Gasteiger partial charge in [-0.05, 0) is 63.1 Å². The number of amides is 2. The van der Waals surface area contributed by atoms with Crippen LogP contribution in [0.15, 0.2) is 30.3 Å². The molecular formula is C23H33N3O3. The van der Waals surface area contributed by atoms with E-state index in [4.69, 9.17) is 4.74 Å². The second-order valence-electron chi connectivity index (χ2n) is 8.73. The van der Waals surface area contributed by atoms with Crippen molar-refractivity contribution < 1.29 is 14.3 Å². The Morgan fingerprint density at radius 2 is 1.72 bits per heavy atom. The van der Waals surface area contributed by atoms with E-state index in [0.29, 0.717) is 24.9 Å². The highest BCUT2D eigenvalue weighted by atomic mass is 16.5. The summed E-state index contributed by atoms with van der Waals surface area (Å²) in [6.45, 7) is 4.08. The number of carbonyl (C=O) groups is 2. The lowest BCUT2D eigenvalue weighted by atomic mass is 9.94. The van der Waals surface area contributed by atoms with E-state index in [0.717, 1.165) is 51.2 Å². The minimum absolute atomic E-state index is 0.0307. The first kappa shape index (κ1) is 20.2. The van der Waals surface area contributed by atoms with Crippen molar-refractivity contribution in [3.05, 3.63) is 30.3 Å². The summed E-state index contributed by atoms with van der Waals surface area (Å²) in [5.41, 5.74) is 0. The Labute approximate surface area is 173 Å². The van der Waals surface area contributed by atoms with Gasteiger partial charge in [0.05, 0.1) is 5.92 Å². The Hall–Kier alpha value is -2.08. The Bertz CT molecular complexity index is 684. The monoisotopic (exact) mass is 399 g/mol. The van der Waals surface area contributed by atoms with Crippen molar-refractivity contribution in [1.82, 2.24) is 15.1 Å². The third kappa shape index (κ3) is 5.72. The molecule has 2 saturated heterocycles. The first-order chi connectivity index (χ1) is 14.2. The predicted octanol–water partition coefficient (Wildman–Crippen LogP) is 2.29. The number of piperidine rings is 2. The van der Waals surface area contributed by atoms with Crippen LogP contribution in [0.3, 0.4) is 0 Å². The number of benzene rings is 1. The predicted molar refractivity (Wildman–Crippen MR) is 112 cm³/mol. The summed E-state index contributed by atoms with van der Waals surface area (Å²) in [5, 5.41) is 3.67. The van der Waals surface area contributed by atoms with Crippen molar-refractivity contribution in [2.24, 2.45) is 11.8 Å². The third-order valence-corrected chi connectivity index (χ3v) is 6.43. The number of carbonyl (C=O) groups excluding carboxylic acids is 2. The van der Waals surface area contributed by atoms with E-state index < -0.39 is 0 Å². The van der Waals surface area contributed by atoms with E-state index in [1.54, 1.807) is 4.90 Å². The molecule has 2 amide bonds. The quantitative estimate of drug-likeness (QED) is 0.764. The molecule has 1 saturated carbocycles. The van der Waals surface area contributed by atoms with Crippen molar-refractivity contribution in [3.8, 4) is 5.75 Å². The molecule has 6 heteroatoms. The van der Waals surface area contributed by atoms with E-state index in [9.17, 15) is 9.59 Å². The standard InChI is InChI=1S/C23H33N3O3/c27-22(17-29-21-6-2-1-3-7-21)26-12-4-5-19(16-26)23(28)25-13-10-20(11-14-25)24-15-18-8-9-18/h1-3,6-7,18-20,24H,4-5,8-17H2. The van der Waals surface area contributed by atoms with Crippen molar-refractivity contribution in [2.75, 3.05) is 39.3 Å². The summed E-state index contributed by atoms with van der Waals surface area (Å²) in [6, 6.07) is 9.94. The molecule has 1 aromatic rings. The maximum Gasteiger partial charge on any atom is 0.260 e. The lowest BCUT2D eigenvalue weighted by Gasteiger charge is -2.38. The Kier molecular flexibility index (Phi) is 6.70. The van der Waals surface area contributed by atoms with Crippen molar-refractivity contribution >= 4 is 11.8 Å². The highest BCUT2D eigenvalue weighted by Gasteiger charge is 2.33. The lowest BCUT2D eigenvalue weighted by molar-refractivity contribution is -0.142. The average molecular weight is 400 g/mol. The molecule has 3 fully saturated rings. The van der Waals surface area contributed by atoms with Crippen LogP contribution in [0.5, 0.6) is 5.75 Å². The summed E-state index contributed by atoms with van der Waals surface area (Å²) in [4.78, 5) is 29.4. The van der Waals surface area contributed by atoms with Gasteiger partial charge in [0.15, 0.2) is 6.61 Å². The fraction of sp³-hybridized carbons (Fsp3) is 0.652. The molecule has 1 aromatic carbocycles. The SMILES string of the molecule is O=C(COc1ccccc1)N1CCCC(C(=O)N2CCC(NCC3CC3)CC2)C1. The van der Waals surface area contributed by atoms with Gasteiger partial charge in [0.2, 0.25) is 5.91 Å². The van der Waals surface area contributed by atoms with Gasteiger partial charge in [-0.25, -0.2) is 0 Å². The van der Waals surface area contributed by atoms with Gasteiger partial charge in [-0.3, -0.25) is 9.59 Å². The highest BCUT2D eigenvalue weighted by Crippen LogP contribution is 2.28. The molecule has 1 atom stereocenters. The van der Waals surface area contributed by atoms with Crippen LogP contribution in [0.2, 0.25) is 0 Å². The zero-order chi connectivity index (χ0) is 20.1. The van der Waals surface area contributed by atoms with E-state index in [-0.39, 0.29) is 24.3 Å². The molecule has 0 spiro atoms. The Morgan fingerprint density at radius 1 is 0.966 bits per heavy atom. The van der Waals surface area contributed by atoms with Gasteiger partial charge in [0.25, 0.3) is 5.91 Å². The van der Waals surface area contributed by atoms with Gasteiger partial charge in [0, 0.05) is 32.2 Å². The number of hydrogen-bond donors (Lipinski definition) is 1. The van der Waals surface area contributed by atoms with Gasteiger partial charge in [-0.15, -0.1) is 0 Å². The van der Waals surface area contributed by atoms with Crippen molar-refractivity contribution in [2.45, 2.75) is 44.6 Å². The van der Waals surface area contributed by atoms with Gasteiger partial charge >= 0.3 is 0 Å². The molecular weight excluding hydrogens is 366 g/mol. The molecule has 3 aliphatic rings. The van der Waals surface area contributed by atoms with Crippen molar-refractivity contribution in [1.29, 1.82) is 0 Å². The number of nitrogens with zero attached hydrogens (tertiary/aromatic N) is 2. The molecule has 2 heterocycles. The second-order valence-corrected chi connectivity index (χ2v) is 8.73. The maximum absolute atomic E-state index is 13.0. The number of hydrogen-bond acceptors (Lipinski definition) is 4. The fourth-order valence-electron chi connectivity index (χ4n) is 4.38. The summed E-state index contributed by atoms with van der Waals surface area (Å²) in [6.07, 6.45) is 6.58. The summed E-state index contributed by atoms with van der Waals surface area (Å²) < 4.78 is 5.60. The van der Waals surface area contributed by atoms with Gasteiger partial charge in [0.1, 0.15) is 5.75 Å². The van der Waals surface area contributed by atoms with Crippen LogP contribution < -0.4 is 10.1 Å². The van der Waals surface area contributed by atoms with E-state index >= 15 is 0 Å². The fourth-order valence-corrected chi connectivity index (χ4v) is 4.38. The van der Waals surface area contributed by atoms with Gasteiger partial charge < -0.3 is 19.9 Å². The highest BCUT2D eigenvalue weighted by molar-refractivity contribution is 5.82. The summed E-state index contributed by atoms with van der Waals surface area (Å²) in [5.74, 6) is 1.72. The topological polar surface area (TPSA) is 61.9 Å². The van der Waals surface area contributed by atoms with Crippen LogP contribution in [0.4, 0.5) is 0 Å². The smallest absolute Gasteiger partial charge is 0.260 e. The molecule has 4 rings (SSSR count). The lowest BCUT2D eigenvalue weighted by Crippen LogP contribution is -2.51. The minimum Gasteiger partial charge on any atom is -0.484 e. The maximum atomic E-state index is 13.0. The summed E-state index contributed by atoms with van der Waals surface area (Å²) in [7, 11) is 0. The van der Waals surface area contributed by atoms with E-state index in [1.165, 1.54) is 12.8 Å². The van der Waals surface area contributed by atoms with Gasteiger partial charge in [-0.2, -0.15) is 0 Å².